The highest BCUT2D eigenvalue weighted by Crippen LogP contribution is 2.15. The summed E-state index contributed by atoms with van der Waals surface area (Å²) in [5.41, 5.74) is 7.23. The molecule has 1 unspecified atom stereocenters. The Labute approximate surface area is 66.3 Å². The lowest BCUT2D eigenvalue weighted by Crippen LogP contribution is -1.91. The Morgan fingerprint density at radius 3 is 2.82 bits per heavy atom. The van der Waals surface area contributed by atoms with Crippen molar-refractivity contribution in [1.29, 1.82) is 5.26 Å². The second kappa shape index (κ2) is 3.07. The molecule has 1 rings (SSSR count). The lowest BCUT2D eigenvalue weighted by atomic mass is 10.0. The highest BCUT2D eigenvalue weighted by atomic mass is 14.5. The second-order valence-electron chi connectivity index (χ2n) is 2.52. The van der Waals surface area contributed by atoms with Gasteiger partial charge in [0.15, 0.2) is 0 Å². The molecule has 56 valence electrons. The van der Waals surface area contributed by atoms with Gasteiger partial charge in [0, 0.05) is 5.69 Å². The van der Waals surface area contributed by atoms with E-state index in [1.807, 2.05) is 31.2 Å². The minimum atomic E-state index is -0.0708. The summed E-state index contributed by atoms with van der Waals surface area (Å²) >= 11 is 0. The minimum absolute atomic E-state index is 0.0708. The first-order valence-corrected chi connectivity index (χ1v) is 3.49. The van der Waals surface area contributed by atoms with Crippen LogP contribution in [0.2, 0.25) is 0 Å². The zero-order valence-corrected chi connectivity index (χ0v) is 6.41. The molecule has 0 aromatic heterocycles. The molecule has 11 heavy (non-hydrogen) atoms. The Kier molecular flexibility index (Phi) is 2.12. The summed E-state index contributed by atoms with van der Waals surface area (Å²) in [6.07, 6.45) is 0. The molecule has 2 nitrogen and oxygen atoms in total. The number of rotatable bonds is 1. The van der Waals surface area contributed by atoms with E-state index in [0.29, 0.717) is 5.69 Å². The molecule has 2 heteroatoms. The van der Waals surface area contributed by atoms with Gasteiger partial charge in [0.2, 0.25) is 0 Å². The van der Waals surface area contributed by atoms with Gasteiger partial charge in [0.05, 0.1) is 12.0 Å². The Balaban J connectivity index is 2.98. The molecule has 0 aliphatic rings. The van der Waals surface area contributed by atoms with Crippen LogP contribution in [0.3, 0.4) is 0 Å². The summed E-state index contributed by atoms with van der Waals surface area (Å²) in [5, 5.41) is 8.59. The lowest BCUT2D eigenvalue weighted by Gasteiger charge is -2.02. The van der Waals surface area contributed by atoms with E-state index in [0.717, 1.165) is 5.56 Å². The summed E-state index contributed by atoms with van der Waals surface area (Å²) in [7, 11) is 0. The molecule has 0 amide bonds. The van der Waals surface area contributed by atoms with Gasteiger partial charge in [-0.25, -0.2) is 0 Å². The van der Waals surface area contributed by atoms with Gasteiger partial charge < -0.3 is 5.73 Å². The molecule has 0 saturated heterocycles. The molecule has 0 fully saturated rings. The molecule has 1 aromatic rings. The van der Waals surface area contributed by atoms with Crippen LogP contribution in [0.25, 0.3) is 0 Å². The zero-order chi connectivity index (χ0) is 8.27. The second-order valence-corrected chi connectivity index (χ2v) is 2.52. The Bertz CT molecular complexity index is 286. The lowest BCUT2D eigenvalue weighted by molar-refractivity contribution is 0.983. The van der Waals surface area contributed by atoms with E-state index in [1.165, 1.54) is 0 Å². The van der Waals surface area contributed by atoms with E-state index in [2.05, 4.69) is 6.07 Å². The fourth-order valence-electron chi connectivity index (χ4n) is 0.903. The highest BCUT2D eigenvalue weighted by Gasteiger charge is 2.01. The number of nitriles is 1. The third-order valence-electron chi connectivity index (χ3n) is 1.60. The average molecular weight is 146 g/mol. The van der Waals surface area contributed by atoms with Gasteiger partial charge >= 0.3 is 0 Å². The fraction of sp³-hybridized carbons (Fsp3) is 0.222. The fourth-order valence-corrected chi connectivity index (χ4v) is 0.903. The molecule has 0 aliphatic heterocycles. The molecule has 2 N–H and O–H groups in total. The van der Waals surface area contributed by atoms with Gasteiger partial charge in [-0.1, -0.05) is 12.1 Å². The maximum atomic E-state index is 8.59. The van der Waals surface area contributed by atoms with Crippen molar-refractivity contribution < 1.29 is 0 Å². The van der Waals surface area contributed by atoms with Gasteiger partial charge in [0.1, 0.15) is 0 Å². The Morgan fingerprint density at radius 1 is 1.55 bits per heavy atom. The van der Waals surface area contributed by atoms with E-state index in [9.17, 15) is 0 Å². The van der Waals surface area contributed by atoms with Crippen LogP contribution in [-0.2, 0) is 0 Å². The third kappa shape index (κ3) is 1.71. The molecule has 0 spiro atoms. The van der Waals surface area contributed by atoms with Crippen molar-refractivity contribution in [2.24, 2.45) is 0 Å². The predicted molar refractivity (Wildman–Crippen MR) is 44.9 cm³/mol. The quantitative estimate of drug-likeness (QED) is 0.615. The standard InChI is InChI=1S/C9H10N2/c1-7(6-10)8-3-2-4-9(11)5-8/h2-5,7H,11H2,1H3. The summed E-state index contributed by atoms with van der Waals surface area (Å²) in [6.45, 7) is 1.86. The van der Waals surface area contributed by atoms with E-state index >= 15 is 0 Å². The van der Waals surface area contributed by atoms with E-state index in [-0.39, 0.29) is 5.92 Å². The Hall–Kier alpha value is -1.49. The molecule has 1 atom stereocenters. The molecule has 0 radical (unpaired) electrons. The molecule has 0 heterocycles. The smallest absolute Gasteiger partial charge is 0.0700 e. The van der Waals surface area contributed by atoms with Crippen LogP contribution in [0.1, 0.15) is 18.4 Å². The first-order valence-electron chi connectivity index (χ1n) is 3.49. The van der Waals surface area contributed by atoms with Crippen LogP contribution in [-0.4, -0.2) is 0 Å². The van der Waals surface area contributed by atoms with Crippen molar-refractivity contribution in [1.82, 2.24) is 0 Å². The molecular weight excluding hydrogens is 136 g/mol. The highest BCUT2D eigenvalue weighted by molar-refractivity contribution is 5.42. The van der Waals surface area contributed by atoms with Crippen LogP contribution >= 0.6 is 0 Å². The predicted octanol–water partition coefficient (Wildman–Crippen LogP) is 1.90. The Morgan fingerprint density at radius 2 is 2.27 bits per heavy atom. The first-order chi connectivity index (χ1) is 5.24. The minimum Gasteiger partial charge on any atom is -0.399 e. The van der Waals surface area contributed by atoms with Crippen molar-refractivity contribution >= 4 is 5.69 Å². The van der Waals surface area contributed by atoms with Gasteiger partial charge in [-0.2, -0.15) is 5.26 Å². The normalized spacial score (nSPS) is 12.0. The summed E-state index contributed by atoms with van der Waals surface area (Å²) in [6, 6.07) is 9.56. The van der Waals surface area contributed by atoms with Crippen LogP contribution in [0, 0.1) is 11.3 Å². The van der Waals surface area contributed by atoms with E-state index in [1.54, 1.807) is 0 Å². The molecule has 0 aliphatic carbocycles. The number of benzene rings is 1. The number of anilines is 1. The maximum Gasteiger partial charge on any atom is 0.0700 e. The molecule has 1 aromatic carbocycles. The summed E-state index contributed by atoms with van der Waals surface area (Å²) in [4.78, 5) is 0. The SMILES string of the molecule is CC(C#N)c1cccc(N)c1. The van der Waals surface area contributed by atoms with Crippen LogP contribution < -0.4 is 5.73 Å². The number of hydrogen-bond acceptors (Lipinski definition) is 2. The number of nitrogen functional groups attached to an aromatic ring is 1. The van der Waals surface area contributed by atoms with Crippen molar-refractivity contribution in [2.75, 3.05) is 5.73 Å². The largest absolute Gasteiger partial charge is 0.399 e. The molecular formula is C9H10N2. The van der Waals surface area contributed by atoms with Gasteiger partial charge in [-0.05, 0) is 24.6 Å². The maximum absolute atomic E-state index is 8.59. The summed E-state index contributed by atoms with van der Waals surface area (Å²) in [5.74, 6) is -0.0708. The van der Waals surface area contributed by atoms with E-state index in [4.69, 9.17) is 11.0 Å². The van der Waals surface area contributed by atoms with Gasteiger partial charge in [-0.15, -0.1) is 0 Å². The first kappa shape index (κ1) is 7.62. The molecule has 0 saturated carbocycles. The van der Waals surface area contributed by atoms with Crippen molar-refractivity contribution in [2.45, 2.75) is 12.8 Å². The van der Waals surface area contributed by atoms with Crippen LogP contribution in [0.5, 0.6) is 0 Å². The average Bonchev–Trinajstić information content (AvgIpc) is 2.03. The van der Waals surface area contributed by atoms with Crippen molar-refractivity contribution in [3.63, 3.8) is 0 Å². The number of hydrogen-bond donors (Lipinski definition) is 1. The van der Waals surface area contributed by atoms with Gasteiger partial charge in [-0.3, -0.25) is 0 Å². The van der Waals surface area contributed by atoms with Gasteiger partial charge in [0.25, 0.3) is 0 Å². The zero-order valence-electron chi connectivity index (χ0n) is 6.41. The third-order valence-corrected chi connectivity index (χ3v) is 1.60. The summed E-state index contributed by atoms with van der Waals surface area (Å²) < 4.78 is 0. The molecule has 0 bridgehead atoms. The monoisotopic (exact) mass is 146 g/mol. The van der Waals surface area contributed by atoms with Crippen molar-refractivity contribution in [3.05, 3.63) is 29.8 Å². The number of nitrogens with zero attached hydrogens (tertiary/aromatic N) is 1. The van der Waals surface area contributed by atoms with E-state index < -0.39 is 0 Å². The topological polar surface area (TPSA) is 49.8 Å². The van der Waals surface area contributed by atoms with Crippen LogP contribution in [0.15, 0.2) is 24.3 Å². The van der Waals surface area contributed by atoms with Crippen LogP contribution in [0.4, 0.5) is 5.69 Å². The van der Waals surface area contributed by atoms with Crippen molar-refractivity contribution in [3.8, 4) is 6.07 Å². The number of nitrogens with two attached hydrogens (primary N) is 1.